The van der Waals surface area contributed by atoms with Gasteiger partial charge in [0.05, 0.1) is 5.75 Å². The van der Waals surface area contributed by atoms with Gasteiger partial charge in [-0.3, -0.25) is 4.79 Å². The highest BCUT2D eigenvalue weighted by atomic mass is 32.2. The van der Waals surface area contributed by atoms with E-state index in [1.165, 1.54) is 22.3 Å². The number of hydrogen-bond acceptors (Lipinski definition) is 2. The standard InChI is InChI=1S/C20H25NOS/c1-14(2)18-7-5-6-8-19(18)21-20(22)13-23-12-17-10-15(3)9-16(4)11-17/h5-11,14H,12-13H2,1-4H3,(H,21,22). The monoisotopic (exact) mass is 327 g/mol. The highest BCUT2D eigenvalue weighted by molar-refractivity contribution is 7.99. The van der Waals surface area contributed by atoms with Crippen LogP contribution >= 0.6 is 11.8 Å². The molecule has 2 aromatic carbocycles. The zero-order chi connectivity index (χ0) is 16.8. The van der Waals surface area contributed by atoms with Gasteiger partial charge in [-0.15, -0.1) is 11.8 Å². The Balaban J connectivity index is 1.88. The lowest BCUT2D eigenvalue weighted by Gasteiger charge is -2.13. The van der Waals surface area contributed by atoms with E-state index in [9.17, 15) is 4.79 Å². The van der Waals surface area contributed by atoms with Crippen molar-refractivity contribution in [1.29, 1.82) is 0 Å². The second kappa shape index (κ2) is 8.21. The van der Waals surface area contributed by atoms with Crippen LogP contribution in [0.2, 0.25) is 0 Å². The minimum atomic E-state index is 0.0625. The fourth-order valence-corrected chi connectivity index (χ4v) is 3.48. The summed E-state index contributed by atoms with van der Waals surface area (Å²) in [5.41, 5.74) is 5.94. The van der Waals surface area contributed by atoms with Gasteiger partial charge < -0.3 is 5.32 Å². The first-order valence-electron chi connectivity index (χ1n) is 7.99. The van der Waals surface area contributed by atoms with Gasteiger partial charge in [-0.2, -0.15) is 0 Å². The van der Waals surface area contributed by atoms with Crippen molar-refractivity contribution in [2.24, 2.45) is 0 Å². The number of amides is 1. The van der Waals surface area contributed by atoms with E-state index < -0.39 is 0 Å². The molecule has 23 heavy (non-hydrogen) atoms. The van der Waals surface area contributed by atoms with Gasteiger partial charge in [-0.25, -0.2) is 0 Å². The molecule has 1 N–H and O–H groups in total. The number of nitrogens with one attached hydrogen (secondary N) is 1. The van der Waals surface area contributed by atoms with Crippen molar-refractivity contribution in [2.75, 3.05) is 11.1 Å². The van der Waals surface area contributed by atoms with Crippen LogP contribution in [0.1, 0.15) is 42.0 Å². The molecule has 0 saturated heterocycles. The van der Waals surface area contributed by atoms with Crippen LogP contribution in [-0.4, -0.2) is 11.7 Å². The van der Waals surface area contributed by atoms with E-state index in [0.29, 0.717) is 11.7 Å². The van der Waals surface area contributed by atoms with Gasteiger partial charge in [0.25, 0.3) is 0 Å². The summed E-state index contributed by atoms with van der Waals surface area (Å²) < 4.78 is 0. The van der Waals surface area contributed by atoms with Crippen LogP contribution in [-0.2, 0) is 10.5 Å². The average Bonchev–Trinajstić information content (AvgIpc) is 2.46. The van der Waals surface area contributed by atoms with E-state index in [2.05, 4.69) is 57.3 Å². The van der Waals surface area contributed by atoms with Crippen molar-refractivity contribution < 1.29 is 4.79 Å². The summed E-state index contributed by atoms with van der Waals surface area (Å²) in [5, 5.41) is 3.04. The fraction of sp³-hybridized carbons (Fsp3) is 0.350. The first kappa shape index (κ1) is 17.6. The first-order chi connectivity index (χ1) is 11.0. The Labute approximate surface area is 143 Å². The SMILES string of the molecule is Cc1cc(C)cc(CSCC(=O)Nc2ccccc2C(C)C)c1. The first-order valence-corrected chi connectivity index (χ1v) is 9.15. The van der Waals surface area contributed by atoms with Gasteiger partial charge in [0.15, 0.2) is 0 Å². The summed E-state index contributed by atoms with van der Waals surface area (Å²) in [5.74, 6) is 1.79. The molecule has 0 unspecified atom stereocenters. The minimum absolute atomic E-state index is 0.0625. The summed E-state index contributed by atoms with van der Waals surface area (Å²) in [7, 11) is 0. The third kappa shape index (κ3) is 5.43. The second-order valence-electron chi connectivity index (χ2n) is 6.28. The van der Waals surface area contributed by atoms with Crippen LogP contribution < -0.4 is 5.32 Å². The normalized spacial score (nSPS) is 10.8. The molecule has 0 bridgehead atoms. The smallest absolute Gasteiger partial charge is 0.234 e. The highest BCUT2D eigenvalue weighted by Crippen LogP contribution is 2.24. The van der Waals surface area contributed by atoms with Gasteiger partial charge in [0.2, 0.25) is 5.91 Å². The maximum atomic E-state index is 12.2. The summed E-state index contributed by atoms with van der Waals surface area (Å²) in [6.07, 6.45) is 0. The van der Waals surface area contributed by atoms with Gasteiger partial charge in [0, 0.05) is 11.4 Å². The van der Waals surface area contributed by atoms with Crippen LogP contribution in [0.25, 0.3) is 0 Å². The molecule has 2 rings (SSSR count). The fourth-order valence-electron chi connectivity index (χ4n) is 2.71. The van der Waals surface area contributed by atoms with Gasteiger partial charge in [-0.1, -0.05) is 61.4 Å². The Morgan fingerprint density at radius 3 is 2.39 bits per heavy atom. The van der Waals surface area contributed by atoms with E-state index in [1.807, 2.05) is 18.2 Å². The number of anilines is 1. The molecule has 0 aromatic heterocycles. The van der Waals surface area contributed by atoms with Crippen molar-refractivity contribution in [1.82, 2.24) is 0 Å². The predicted octanol–water partition coefficient (Wildman–Crippen LogP) is 5.30. The van der Waals surface area contributed by atoms with Crippen molar-refractivity contribution in [2.45, 2.75) is 39.4 Å². The molecule has 0 fully saturated rings. The number of para-hydroxylation sites is 1. The lowest BCUT2D eigenvalue weighted by molar-refractivity contribution is -0.113. The lowest BCUT2D eigenvalue weighted by atomic mass is 10.0. The Bertz CT molecular complexity index is 659. The van der Waals surface area contributed by atoms with Crippen molar-refractivity contribution in [3.8, 4) is 0 Å². The molecule has 0 atom stereocenters. The molecule has 0 saturated carbocycles. The van der Waals surface area contributed by atoms with Crippen molar-refractivity contribution >= 4 is 23.4 Å². The van der Waals surface area contributed by atoms with Crippen molar-refractivity contribution in [3.05, 3.63) is 64.7 Å². The molecule has 122 valence electrons. The van der Waals surface area contributed by atoms with Gasteiger partial charge in [0.1, 0.15) is 0 Å². The van der Waals surface area contributed by atoms with Crippen LogP contribution in [0.5, 0.6) is 0 Å². The number of carbonyl (C=O) groups excluding carboxylic acids is 1. The molecule has 2 aromatic rings. The Hall–Kier alpha value is -1.74. The van der Waals surface area contributed by atoms with E-state index in [1.54, 1.807) is 11.8 Å². The topological polar surface area (TPSA) is 29.1 Å². The molecular weight excluding hydrogens is 302 g/mol. The number of thioether (sulfide) groups is 1. The van der Waals surface area contributed by atoms with Crippen LogP contribution in [0, 0.1) is 13.8 Å². The third-order valence-electron chi connectivity index (χ3n) is 3.64. The number of hydrogen-bond donors (Lipinski definition) is 1. The van der Waals surface area contributed by atoms with Crippen LogP contribution in [0.4, 0.5) is 5.69 Å². The Morgan fingerprint density at radius 2 is 1.74 bits per heavy atom. The molecule has 3 heteroatoms. The maximum Gasteiger partial charge on any atom is 0.234 e. The van der Waals surface area contributed by atoms with Crippen LogP contribution in [0.15, 0.2) is 42.5 Å². The van der Waals surface area contributed by atoms with Gasteiger partial charge >= 0.3 is 0 Å². The molecular formula is C20H25NOS. The quantitative estimate of drug-likeness (QED) is 0.780. The molecule has 1 amide bonds. The van der Waals surface area contributed by atoms with E-state index >= 15 is 0 Å². The van der Waals surface area contributed by atoms with Crippen LogP contribution in [0.3, 0.4) is 0 Å². The zero-order valence-corrected chi connectivity index (χ0v) is 15.2. The molecule has 0 aliphatic rings. The lowest BCUT2D eigenvalue weighted by Crippen LogP contribution is -2.15. The number of rotatable bonds is 6. The molecule has 0 radical (unpaired) electrons. The minimum Gasteiger partial charge on any atom is -0.325 e. The summed E-state index contributed by atoms with van der Waals surface area (Å²) in [6.45, 7) is 8.49. The maximum absolute atomic E-state index is 12.2. The molecule has 0 spiro atoms. The Kier molecular flexibility index (Phi) is 6.28. The van der Waals surface area contributed by atoms with Gasteiger partial charge in [-0.05, 0) is 37.0 Å². The number of carbonyl (C=O) groups is 1. The summed E-state index contributed by atoms with van der Waals surface area (Å²) in [6, 6.07) is 14.6. The zero-order valence-electron chi connectivity index (χ0n) is 14.3. The molecule has 0 heterocycles. The molecule has 0 aliphatic carbocycles. The summed E-state index contributed by atoms with van der Waals surface area (Å²) in [4.78, 5) is 12.2. The van der Waals surface area contributed by atoms with E-state index in [0.717, 1.165) is 11.4 Å². The average molecular weight is 327 g/mol. The summed E-state index contributed by atoms with van der Waals surface area (Å²) >= 11 is 1.65. The number of benzene rings is 2. The van der Waals surface area contributed by atoms with Crippen molar-refractivity contribution in [3.63, 3.8) is 0 Å². The van der Waals surface area contributed by atoms with E-state index in [-0.39, 0.29) is 5.91 Å². The molecule has 0 aliphatic heterocycles. The van der Waals surface area contributed by atoms with E-state index in [4.69, 9.17) is 0 Å². The highest BCUT2D eigenvalue weighted by Gasteiger charge is 2.09. The Morgan fingerprint density at radius 1 is 1.09 bits per heavy atom. The number of aryl methyl sites for hydroxylation is 2. The second-order valence-corrected chi connectivity index (χ2v) is 7.26. The molecule has 2 nitrogen and oxygen atoms in total. The predicted molar refractivity (Wildman–Crippen MR) is 101 cm³/mol. The third-order valence-corrected chi connectivity index (χ3v) is 4.64. The largest absolute Gasteiger partial charge is 0.325 e.